The molecular weight excluding hydrogens is 363 g/mol. The number of hydrogen-bond acceptors (Lipinski definition) is 4. The van der Waals surface area contributed by atoms with Gasteiger partial charge in [-0.1, -0.05) is 18.5 Å². The van der Waals surface area contributed by atoms with Gasteiger partial charge in [-0.05, 0) is 31.5 Å². The van der Waals surface area contributed by atoms with Crippen LogP contribution in [0.3, 0.4) is 0 Å². The van der Waals surface area contributed by atoms with E-state index in [1.165, 1.54) is 17.8 Å². The fourth-order valence-electron chi connectivity index (χ4n) is 2.11. The smallest absolute Gasteiger partial charge is 0.246 e. The van der Waals surface area contributed by atoms with Gasteiger partial charge in [0, 0.05) is 11.8 Å². The summed E-state index contributed by atoms with van der Waals surface area (Å²) in [6.45, 7) is 3.78. The van der Waals surface area contributed by atoms with Crippen LogP contribution in [0.1, 0.15) is 20.3 Å². The van der Waals surface area contributed by atoms with Crippen molar-refractivity contribution in [2.45, 2.75) is 37.2 Å². The number of carbonyl (C=O) groups is 1. The van der Waals surface area contributed by atoms with Crippen LogP contribution in [0.25, 0.3) is 0 Å². The number of nitrogens with one attached hydrogen (secondary N) is 1. The van der Waals surface area contributed by atoms with Gasteiger partial charge in [0.15, 0.2) is 0 Å². The highest BCUT2D eigenvalue weighted by Crippen LogP contribution is 2.32. The number of sulfonamides is 1. The number of thioether (sulfide) groups is 1. The Morgan fingerprint density at radius 3 is 2.91 bits per heavy atom. The van der Waals surface area contributed by atoms with Crippen molar-refractivity contribution in [3.63, 3.8) is 0 Å². The Balaban J connectivity index is 2.31. The van der Waals surface area contributed by atoms with Crippen LogP contribution in [0.4, 0.5) is 4.39 Å². The predicted octanol–water partition coefficient (Wildman–Crippen LogP) is 2.46. The standard InChI is InChI=1S/C14H18ClFN2O3S2/c1-3-9(2)17-14(19)12-7-22-8-18(12)23(20,21)13-6-10(16)4-5-11(13)15/h4-6,9,12H,3,7-8H2,1-2H3,(H,17,19). The zero-order chi connectivity index (χ0) is 17.2. The minimum absolute atomic E-state index is 0.0459. The third-order valence-electron chi connectivity index (χ3n) is 3.63. The average Bonchev–Trinajstić information content (AvgIpc) is 2.99. The van der Waals surface area contributed by atoms with E-state index in [2.05, 4.69) is 5.32 Å². The molecule has 1 heterocycles. The van der Waals surface area contributed by atoms with E-state index in [0.29, 0.717) is 5.75 Å². The van der Waals surface area contributed by atoms with Gasteiger partial charge in [-0.2, -0.15) is 4.31 Å². The monoisotopic (exact) mass is 380 g/mol. The quantitative estimate of drug-likeness (QED) is 0.852. The molecule has 1 aliphatic heterocycles. The molecule has 0 saturated carbocycles. The zero-order valence-corrected chi connectivity index (χ0v) is 15.1. The number of benzene rings is 1. The van der Waals surface area contributed by atoms with Gasteiger partial charge in [-0.15, -0.1) is 11.8 Å². The van der Waals surface area contributed by atoms with Crippen molar-refractivity contribution in [1.82, 2.24) is 9.62 Å². The summed E-state index contributed by atoms with van der Waals surface area (Å²) < 4.78 is 40.0. The molecule has 2 atom stereocenters. The van der Waals surface area contributed by atoms with Crippen LogP contribution in [0.15, 0.2) is 23.1 Å². The van der Waals surface area contributed by atoms with Gasteiger partial charge in [0.05, 0.1) is 10.9 Å². The van der Waals surface area contributed by atoms with E-state index in [1.807, 2.05) is 13.8 Å². The molecule has 1 N–H and O–H groups in total. The van der Waals surface area contributed by atoms with Crippen molar-refractivity contribution >= 4 is 39.3 Å². The Labute approximate surface area is 144 Å². The average molecular weight is 381 g/mol. The van der Waals surface area contributed by atoms with E-state index in [9.17, 15) is 17.6 Å². The van der Waals surface area contributed by atoms with Crippen LogP contribution >= 0.6 is 23.4 Å². The van der Waals surface area contributed by atoms with E-state index in [-0.39, 0.29) is 27.7 Å². The molecule has 23 heavy (non-hydrogen) atoms. The number of rotatable bonds is 5. The number of carbonyl (C=O) groups excluding carboxylic acids is 1. The molecular formula is C14H18ClFN2O3S2. The summed E-state index contributed by atoms with van der Waals surface area (Å²) in [5, 5.41) is 2.72. The third kappa shape index (κ3) is 3.99. The van der Waals surface area contributed by atoms with E-state index >= 15 is 0 Å². The second-order valence-corrected chi connectivity index (χ2v) is 8.57. The van der Waals surface area contributed by atoms with Crippen molar-refractivity contribution in [3.05, 3.63) is 29.0 Å². The van der Waals surface area contributed by atoms with Gasteiger partial charge < -0.3 is 5.32 Å². The van der Waals surface area contributed by atoms with Gasteiger partial charge in [0.1, 0.15) is 16.8 Å². The Morgan fingerprint density at radius 1 is 1.57 bits per heavy atom. The van der Waals surface area contributed by atoms with E-state index in [1.54, 1.807) is 0 Å². The van der Waals surface area contributed by atoms with Crippen LogP contribution in [-0.4, -0.2) is 42.3 Å². The van der Waals surface area contributed by atoms with Gasteiger partial charge in [0.2, 0.25) is 15.9 Å². The van der Waals surface area contributed by atoms with Crippen molar-refractivity contribution < 1.29 is 17.6 Å². The Kier molecular flexibility index (Phi) is 5.94. The molecule has 2 unspecified atom stereocenters. The first kappa shape index (κ1) is 18.5. The number of nitrogens with zero attached hydrogens (tertiary/aromatic N) is 1. The summed E-state index contributed by atoms with van der Waals surface area (Å²) in [5.74, 6) is -0.553. The molecule has 5 nitrogen and oxygen atoms in total. The second kappa shape index (κ2) is 7.38. The largest absolute Gasteiger partial charge is 0.352 e. The SMILES string of the molecule is CCC(C)NC(=O)C1CSCN1S(=O)(=O)c1cc(F)ccc1Cl. The lowest BCUT2D eigenvalue weighted by atomic mass is 10.2. The highest BCUT2D eigenvalue weighted by molar-refractivity contribution is 8.00. The molecule has 0 bridgehead atoms. The fourth-order valence-corrected chi connectivity index (χ4v) is 5.75. The molecule has 2 rings (SSSR count). The predicted molar refractivity (Wildman–Crippen MR) is 89.4 cm³/mol. The Hall–Kier alpha value is -0.830. The van der Waals surface area contributed by atoms with Crippen LogP contribution in [-0.2, 0) is 14.8 Å². The van der Waals surface area contributed by atoms with Crippen LogP contribution < -0.4 is 5.32 Å². The molecule has 1 aliphatic rings. The Morgan fingerprint density at radius 2 is 2.26 bits per heavy atom. The molecule has 0 aliphatic carbocycles. The van der Waals surface area contributed by atoms with Gasteiger partial charge in [-0.3, -0.25) is 4.79 Å². The summed E-state index contributed by atoms with van der Waals surface area (Å²) in [7, 11) is -4.05. The van der Waals surface area contributed by atoms with Crippen LogP contribution in [0.5, 0.6) is 0 Å². The number of amides is 1. The molecule has 0 spiro atoms. The molecule has 1 fully saturated rings. The van der Waals surface area contributed by atoms with Crippen molar-refractivity contribution in [3.8, 4) is 0 Å². The lowest BCUT2D eigenvalue weighted by Crippen LogP contribution is -2.49. The zero-order valence-electron chi connectivity index (χ0n) is 12.8. The minimum atomic E-state index is -4.05. The van der Waals surface area contributed by atoms with E-state index in [4.69, 9.17) is 11.6 Å². The molecule has 128 valence electrons. The second-order valence-electron chi connectivity index (χ2n) is 5.30. The lowest BCUT2D eigenvalue weighted by Gasteiger charge is -2.24. The molecule has 1 aromatic rings. The van der Waals surface area contributed by atoms with Crippen molar-refractivity contribution in [1.29, 1.82) is 0 Å². The van der Waals surface area contributed by atoms with Crippen molar-refractivity contribution in [2.75, 3.05) is 11.6 Å². The third-order valence-corrected chi connectivity index (χ3v) is 7.14. The van der Waals surface area contributed by atoms with Crippen LogP contribution in [0.2, 0.25) is 5.02 Å². The van der Waals surface area contributed by atoms with Gasteiger partial charge in [0.25, 0.3) is 0 Å². The Bertz CT molecular complexity index is 699. The lowest BCUT2D eigenvalue weighted by molar-refractivity contribution is -0.124. The van der Waals surface area contributed by atoms with Gasteiger partial charge in [-0.25, -0.2) is 12.8 Å². The first-order chi connectivity index (χ1) is 10.8. The first-order valence-electron chi connectivity index (χ1n) is 7.12. The molecule has 1 amide bonds. The first-order valence-corrected chi connectivity index (χ1v) is 10.1. The van der Waals surface area contributed by atoms with E-state index < -0.39 is 21.9 Å². The van der Waals surface area contributed by atoms with Crippen molar-refractivity contribution in [2.24, 2.45) is 0 Å². The summed E-state index contributed by atoms with van der Waals surface area (Å²) >= 11 is 7.25. The summed E-state index contributed by atoms with van der Waals surface area (Å²) in [5.41, 5.74) is 0. The van der Waals surface area contributed by atoms with Gasteiger partial charge >= 0.3 is 0 Å². The molecule has 1 aromatic carbocycles. The topological polar surface area (TPSA) is 66.5 Å². The van der Waals surface area contributed by atoms with Crippen LogP contribution in [0, 0.1) is 5.82 Å². The highest BCUT2D eigenvalue weighted by atomic mass is 35.5. The normalized spacial score (nSPS) is 20.4. The maximum absolute atomic E-state index is 13.4. The number of hydrogen-bond donors (Lipinski definition) is 1. The summed E-state index contributed by atoms with van der Waals surface area (Å²) in [6.07, 6.45) is 0.744. The highest BCUT2D eigenvalue weighted by Gasteiger charge is 2.41. The minimum Gasteiger partial charge on any atom is -0.352 e. The maximum Gasteiger partial charge on any atom is 0.246 e. The molecule has 0 radical (unpaired) electrons. The van der Waals surface area contributed by atoms with E-state index in [0.717, 1.165) is 22.9 Å². The molecule has 9 heteroatoms. The summed E-state index contributed by atoms with van der Waals surface area (Å²) in [4.78, 5) is 12.0. The maximum atomic E-state index is 13.4. The molecule has 1 saturated heterocycles. The molecule has 0 aromatic heterocycles. The fraction of sp³-hybridized carbons (Fsp3) is 0.500. The summed E-state index contributed by atoms with van der Waals surface area (Å²) in [6, 6.07) is 2.30. The number of halogens is 2.